The van der Waals surface area contributed by atoms with Crippen LogP contribution >= 0.6 is 12.4 Å². The highest BCUT2D eigenvalue weighted by molar-refractivity contribution is 5.96. The summed E-state index contributed by atoms with van der Waals surface area (Å²) in [5.41, 5.74) is -0.0409. The highest BCUT2D eigenvalue weighted by atomic mass is 35.5. The molecule has 3 rings (SSSR count). The van der Waals surface area contributed by atoms with E-state index in [-0.39, 0.29) is 36.0 Å². The van der Waals surface area contributed by atoms with Gasteiger partial charge in [-0.05, 0) is 38.4 Å². The van der Waals surface area contributed by atoms with Gasteiger partial charge in [0.05, 0.1) is 0 Å². The van der Waals surface area contributed by atoms with Gasteiger partial charge >= 0.3 is 5.63 Å². The van der Waals surface area contributed by atoms with Crippen molar-refractivity contribution < 1.29 is 9.21 Å². The average Bonchev–Trinajstić information content (AvgIpc) is 2.49. The highest BCUT2D eigenvalue weighted by Gasteiger charge is 2.24. The first-order chi connectivity index (χ1) is 10.1. The zero-order valence-corrected chi connectivity index (χ0v) is 13.1. The molecule has 1 saturated heterocycles. The number of halogens is 1. The lowest BCUT2D eigenvalue weighted by Crippen LogP contribution is -2.52. The summed E-state index contributed by atoms with van der Waals surface area (Å²) in [7, 11) is 0. The fourth-order valence-corrected chi connectivity index (χ4v) is 2.71. The lowest BCUT2D eigenvalue weighted by molar-refractivity contribution is 0.0916. The van der Waals surface area contributed by atoms with E-state index in [2.05, 4.69) is 10.6 Å². The summed E-state index contributed by atoms with van der Waals surface area (Å²) >= 11 is 0. The Morgan fingerprint density at radius 2 is 2.14 bits per heavy atom. The summed E-state index contributed by atoms with van der Waals surface area (Å²) in [6.45, 7) is 3.00. The number of para-hydroxylation sites is 1. The third-order valence-electron chi connectivity index (χ3n) is 3.96. The maximum absolute atomic E-state index is 12.3. The monoisotopic (exact) mass is 322 g/mol. The zero-order chi connectivity index (χ0) is 14.8. The zero-order valence-electron chi connectivity index (χ0n) is 12.3. The van der Waals surface area contributed by atoms with E-state index in [4.69, 9.17) is 4.42 Å². The molecule has 2 heterocycles. The Morgan fingerprint density at radius 1 is 1.36 bits per heavy atom. The second kappa shape index (κ2) is 6.94. The van der Waals surface area contributed by atoms with E-state index in [0.29, 0.717) is 5.58 Å². The number of carbonyl (C=O) groups excluding carboxylic acids is 1. The number of piperidine rings is 1. The molecular weight excluding hydrogens is 304 g/mol. The Balaban J connectivity index is 0.00000176. The Hall–Kier alpha value is -1.85. The number of nitrogens with one attached hydrogen (secondary N) is 2. The molecule has 1 amide bonds. The maximum Gasteiger partial charge on any atom is 0.349 e. The molecule has 22 heavy (non-hydrogen) atoms. The summed E-state index contributed by atoms with van der Waals surface area (Å²) < 4.78 is 5.20. The molecule has 118 valence electrons. The molecule has 2 N–H and O–H groups in total. The van der Waals surface area contributed by atoms with Gasteiger partial charge in [-0.25, -0.2) is 4.79 Å². The van der Waals surface area contributed by atoms with Crippen molar-refractivity contribution in [2.45, 2.75) is 31.8 Å². The van der Waals surface area contributed by atoms with Crippen molar-refractivity contribution in [2.75, 3.05) is 6.54 Å². The van der Waals surface area contributed by atoms with Gasteiger partial charge in [-0.2, -0.15) is 0 Å². The predicted molar refractivity (Wildman–Crippen MR) is 87.7 cm³/mol. The van der Waals surface area contributed by atoms with Gasteiger partial charge in [0.25, 0.3) is 5.91 Å². The van der Waals surface area contributed by atoms with Gasteiger partial charge in [0.2, 0.25) is 0 Å². The van der Waals surface area contributed by atoms with Gasteiger partial charge in [0, 0.05) is 17.5 Å². The van der Waals surface area contributed by atoms with Gasteiger partial charge in [-0.3, -0.25) is 4.79 Å². The number of carbonyl (C=O) groups is 1. The molecule has 1 aliphatic rings. The number of amides is 1. The van der Waals surface area contributed by atoms with Crippen LogP contribution in [0.1, 0.15) is 30.1 Å². The second-order valence-corrected chi connectivity index (χ2v) is 5.45. The summed E-state index contributed by atoms with van der Waals surface area (Å²) in [6.07, 6.45) is 1.93. The second-order valence-electron chi connectivity index (χ2n) is 5.45. The standard InChI is InChI=1S/C16H18N2O3.ClH/c1-10-13(6-4-8-17-10)18-15(19)12-9-11-5-2-3-7-14(11)21-16(12)20;/h2-3,5,7,9-10,13,17H,4,6,8H2,1H3,(H,18,19);1H. The van der Waals surface area contributed by atoms with Crippen molar-refractivity contribution >= 4 is 29.3 Å². The maximum atomic E-state index is 12.3. The lowest BCUT2D eigenvalue weighted by atomic mass is 9.99. The van der Waals surface area contributed by atoms with E-state index >= 15 is 0 Å². The van der Waals surface area contributed by atoms with Crippen molar-refractivity contribution in [3.8, 4) is 0 Å². The van der Waals surface area contributed by atoms with E-state index < -0.39 is 5.63 Å². The number of hydrogen-bond acceptors (Lipinski definition) is 4. The summed E-state index contributed by atoms with van der Waals surface area (Å²) in [6, 6.07) is 9.01. The van der Waals surface area contributed by atoms with E-state index in [1.807, 2.05) is 19.1 Å². The fraction of sp³-hybridized carbons (Fsp3) is 0.375. The molecular formula is C16H19ClN2O3. The molecule has 5 nitrogen and oxygen atoms in total. The number of rotatable bonds is 2. The number of fused-ring (bicyclic) bond motifs is 1. The third-order valence-corrected chi connectivity index (χ3v) is 3.96. The molecule has 0 saturated carbocycles. The van der Waals surface area contributed by atoms with Crippen LogP contribution in [0.3, 0.4) is 0 Å². The van der Waals surface area contributed by atoms with Crippen LogP contribution < -0.4 is 16.3 Å². The Morgan fingerprint density at radius 3 is 2.91 bits per heavy atom. The first-order valence-electron chi connectivity index (χ1n) is 7.22. The smallest absolute Gasteiger partial charge is 0.349 e. The van der Waals surface area contributed by atoms with Crippen LogP contribution in [0, 0.1) is 0 Å². The van der Waals surface area contributed by atoms with E-state index in [0.717, 1.165) is 24.8 Å². The van der Waals surface area contributed by atoms with Crippen LogP contribution in [0.2, 0.25) is 0 Å². The third kappa shape index (κ3) is 3.31. The topological polar surface area (TPSA) is 71.3 Å². The Labute approximate surface area is 134 Å². The van der Waals surface area contributed by atoms with Crippen molar-refractivity contribution in [3.63, 3.8) is 0 Å². The minimum Gasteiger partial charge on any atom is -0.422 e. The molecule has 0 spiro atoms. The summed E-state index contributed by atoms with van der Waals surface area (Å²) in [5.74, 6) is -0.366. The molecule has 0 bridgehead atoms. The SMILES string of the molecule is CC1NCCCC1NC(=O)c1cc2ccccc2oc1=O.Cl. The van der Waals surface area contributed by atoms with Crippen molar-refractivity contribution in [1.82, 2.24) is 10.6 Å². The molecule has 1 aromatic heterocycles. The normalized spacial score (nSPS) is 21.1. The summed E-state index contributed by atoms with van der Waals surface area (Å²) in [5, 5.41) is 6.99. The molecule has 1 aliphatic heterocycles. The molecule has 0 aliphatic carbocycles. The van der Waals surface area contributed by atoms with E-state index in [1.54, 1.807) is 18.2 Å². The van der Waals surface area contributed by atoms with Crippen LogP contribution in [0.15, 0.2) is 39.5 Å². The number of benzene rings is 1. The minimum absolute atomic E-state index is 0. The molecule has 6 heteroatoms. The van der Waals surface area contributed by atoms with E-state index in [1.165, 1.54) is 0 Å². The Bertz CT molecular complexity index is 729. The largest absolute Gasteiger partial charge is 0.422 e. The van der Waals surface area contributed by atoms with E-state index in [9.17, 15) is 9.59 Å². The quantitative estimate of drug-likeness (QED) is 0.830. The minimum atomic E-state index is -0.595. The van der Waals surface area contributed by atoms with Crippen LogP contribution in [-0.2, 0) is 0 Å². The van der Waals surface area contributed by atoms with Crippen molar-refractivity contribution in [1.29, 1.82) is 0 Å². The molecule has 2 unspecified atom stereocenters. The lowest BCUT2D eigenvalue weighted by Gasteiger charge is -2.30. The van der Waals surface area contributed by atoms with Crippen LogP contribution in [-0.4, -0.2) is 24.5 Å². The van der Waals surface area contributed by atoms with Gasteiger partial charge < -0.3 is 15.1 Å². The molecule has 1 aromatic carbocycles. The van der Waals surface area contributed by atoms with Gasteiger partial charge in [0.15, 0.2) is 0 Å². The van der Waals surface area contributed by atoms with Crippen LogP contribution in [0.25, 0.3) is 11.0 Å². The van der Waals surface area contributed by atoms with Gasteiger partial charge in [0.1, 0.15) is 11.1 Å². The Kier molecular flexibility index (Phi) is 5.21. The van der Waals surface area contributed by atoms with Crippen molar-refractivity contribution in [2.24, 2.45) is 0 Å². The first kappa shape index (κ1) is 16.5. The molecule has 1 fully saturated rings. The summed E-state index contributed by atoms with van der Waals surface area (Å²) in [4.78, 5) is 24.3. The van der Waals surface area contributed by atoms with Gasteiger partial charge in [-0.1, -0.05) is 18.2 Å². The molecule has 0 radical (unpaired) electrons. The molecule has 2 aromatic rings. The average molecular weight is 323 g/mol. The van der Waals surface area contributed by atoms with Crippen LogP contribution in [0.4, 0.5) is 0 Å². The fourth-order valence-electron chi connectivity index (χ4n) is 2.71. The predicted octanol–water partition coefficient (Wildman–Crippen LogP) is 2.09. The van der Waals surface area contributed by atoms with Crippen LogP contribution in [0.5, 0.6) is 0 Å². The van der Waals surface area contributed by atoms with Gasteiger partial charge in [-0.15, -0.1) is 12.4 Å². The molecule has 2 atom stereocenters. The van der Waals surface area contributed by atoms with Crippen molar-refractivity contribution in [3.05, 3.63) is 46.3 Å². The number of hydrogen-bond donors (Lipinski definition) is 2. The highest BCUT2D eigenvalue weighted by Crippen LogP contribution is 2.13. The first-order valence-corrected chi connectivity index (χ1v) is 7.22.